The maximum Gasteiger partial charge on any atom is 0.294 e. The van der Waals surface area contributed by atoms with E-state index in [0.717, 1.165) is 24.2 Å². The standard InChI is InChI=1S/C11H12BrNO2/c12-11(15-7-14)10-6-5-8-3-1-2-4-9(8)13-10/h5-7,11H,1-4H2. The molecule has 0 fully saturated rings. The number of rotatable bonds is 3. The van der Waals surface area contributed by atoms with E-state index >= 15 is 0 Å². The fourth-order valence-electron chi connectivity index (χ4n) is 1.84. The van der Waals surface area contributed by atoms with Gasteiger partial charge in [-0.1, -0.05) is 6.07 Å². The average Bonchev–Trinajstić information content (AvgIpc) is 2.29. The molecule has 0 bridgehead atoms. The molecule has 0 aromatic carbocycles. The molecule has 3 nitrogen and oxygen atoms in total. The van der Waals surface area contributed by atoms with Crippen molar-refractivity contribution in [3.8, 4) is 0 Å². The van der Waals surface area contributed by atoms with Gasteiger partial charge in [0.25, 0.3) is 6.47 Å². The lowest BCUT2D eigenvalue weighted by Crippen LogP contribution is -2.08. The molecule has 0 N–H and O–H groups in total. The molecule has 15 heavy (non-hydrogen) atoms. The van der Waals surface area contributed by atoms with Gasteiger partial charge in [0.1, 0.15) is 0 Å². The molecule has 0 saturated heterocycles. The highest BCUT2D eigenvalue weighted by molar-refractivity contribution is 9.09. The van der Waals surface area contributed by atoms with E-state index in [4.69, 9.17) is 4.74 Å². The minimum atomic E-state index is -0.428. The van der Waals surface area contributed by atoms with Crippen LogP contribution in [0.2, 0.25) is 0 Å². The molecule has 0 radical (unpaired) electrons. The minimum Gasteiger partial charge on any atom is -0.446 e. The van der Waals surface area contributed by atoms with Crippen LogP contribution in [0.5, 0.6) is 0 Å². The molecule has 80 valence electrons. The van der Waals surface area contributed by atoms with E-state index < -0.39 is 5.01 Å². The second-order valence-corrected chi connectivity index (χ2v) is 4.43. The van der Waals surface area contributed by atoms with Crippen molar-refractivity contribution in [3.05, 3.63) is 29.1 Å². The smallest absolute Gasteiger partial charge is 0.294 e. The van der Waals surface area contributed by atoms with E-state index in [1.54, 1.807) is 0 Å². The number of halogens is 1. The van der Waals surface area contributed by atoms with Crippen LogP contribution in [-0.2, 0) is 22.4 Å². The van der Waals surface area contributed by atoms with Gasteiger partial charge in [0.2, 0.25) is 0 Å². The Morgan fingerprint density at radius 1 is 1.40 bits per heavy atom. The fraction of sp³-hybridized carbons (Fsp3) is 0.455. The average molecular weight is 270 g/mol. The number of aryl methyl sites for hydroxylation is 2. The van der Waals surface area contributed by atoms with Crippen molar-refractivity contribution in [2.45, 2.75) is 30.7 Å². The van der Waals surface area contributed by atoms with Crippen LogP contribution >= 0.6 is 15.9 Å². The lowest BCUT2D eigenvalue weighted by molar-refractivity contribution is -0.130. The van der Waals surface area contributed by atoms with E-state index in [1.165, 1.54) is 18.4 Å². The number of pyridine rings is 1. The van der Waals surface area contributed by atoms with E-state index in [2.05, 4.69) is 27.0 Å². The molecule has 0 spiro atoms. The third-order valence-corrected chi connectivity index (χ3v) is 3.29. The van der Waals surface area contributed by atoms with Crippen LogP contribution in [0.15, 0.2) is 12.1 Å². The van der Waals surface area contributed by atoms with E-state index in [-0.39, 0.29) is 0 Å². The number of ether oxygens (including phenoxy) is 1. The third kappa shape index (κ3) is 2.37. The van der Waals surface area contributed by atoms with Crippen molar-refractivity contribution in [1.82, 2.24) is 4.98 Å². The zero-order valence-electron chi connectivity index (χ0n) is 8.28. The Morgan fingerprint density at radius 3 is 3.00 bits per heavy atom. The van der Waals surface area contributed by atoms with Crippen LogP contribution in [0.1, 0.15) is 34.8 Å². The van der Waals surface area contributed by atoms with Gasteiger partial charge in [0.05, 0.1) is 5.69 Å². The Kier molecular flexibility index (Phi) is 3.36. The number of fused-ring (bicyclic) bond motifs is 1. The molecule has 4 heteroatoms. The Morgan fingerprint density at radius 2 is 2.20 bits per heavy atom. The summed E-state index contributed by atoms with van der Waals surface area (Å²) in [6.07, 6.45) is 4.59. The van der Waals surface area contributed by atoms with Crippen molar-refractivity contribution in [2.75, 3.05) is 0 Å². The molecular weight excluding hydrogens is 258 g/mol. The second kappa shape index (κ2) is 4.75. The first-order valence-electron chi connectivity index (χ1n) is 5.03. The minimum absolute atomic E-state index is 0.428. The zero-order valence-corrected chi connectivity index (χ0v) is 9.87. The van der Waals surface area contributed by atoms with Gasteiger partial charge in [-0.2, -0.15) is 0 Å². The summed E-state index contributed by atoms with van der Waals surface area (Å²) in [4.78, 5) is 14.7. The summed E-state index contributed by atoms with van der Waals surface area (Å²) < 4.78 is 4.79. The van der Waals surface area contributed by atoms with Crippen LogP contribution in [0, 0.1) is 0 Å². The van der Waals surface area contributed by atoms with Gasteiger partial charge in [0, 0.05) is 5.69 Å². The van der Waals surface area contributed by atoms with Crippen molar-refractivity contribution >= 4 is 22.4 Å². The zero-order chi connectivity index (χ0) is 10.7. The largest absolute Gasteiger partial charge is 0.446 e. The van der Waals surface area contributed by atoms with Gasteiger partial charge in [-0.05, 0) is 53.2 Å². The van der Waals surface area contributed by atoms with E-state index in [0.29, 0.717) is 6.47 Å². The molecule has 1 heterocycles. The summed E-state index contributed by atoms with van der Waals surface area (Å²) >= 11 is 3.26. The molecule has 1 aromatic heterocycles. The van der Waals surface area contributed by atoms with Crippen LogP contribution in [0.25, 0.3) is 0 Å². The van der Waals surface area contributed by atoms with E-state index in [1.807, 2.05) is 6.07 Å². The van der Waals surface area contributed by atoms with Crippen LogP contribution in [0.3, 0.4) is 0 Å². The predicted octanol–water partition coefficient (Wildman–Crippen LogP) is 2.53. The molecule has 1 atom stereocenters. The molecule has 0 saturated carbocycles. The normalized spacial score (nSPS) is 16.6. The van der Waals surface area contributed by atoms with Gasteiger partial charge in [-0.15, -0.1) is 0 Å². The van der Waals surface area contributed by atoms with Gasteiger partial charge < -0.3 is 4.74 Å². The van der Waals surface area contributed by atoms with Gasteiger partial charge >= 0.3 is 0 Å². The van der Waals surface area contributed by atoms with Crippen molar-refractivity contribution < 1.29 is 9.53 Å². The highest BCUT2D eigenvalue weighted by Crippen LogP contribution is 2.25. The van der Waals surface area contributed by atoms with Crippen LogP contribution in [-0.4, -0.2) is 11.5 Å². The molecule has 1 aliphatic rings. The van der Waals surface area contributed by atoms with Crippen LogP contribution in [0.4, 0.5) is 0 Å². The molecule has 0 aliphatic heterocycles. The highest BCUT2D eigenvalue weighted by Gasteiger charge is 2.15. The second-order valence-electron chi connectivity index (χ2n) is 3.60. The van der Waals surface area contributed by atoms with Crippen molar-refractivity contribution in [2.24, 2.45) is 0 Å². The summed E-state index contributed by atoms with van der Waals surface area (Å²) in [5, 5.41) is -0.428. The number of carbonyl (C=O) groups excluding carboxylic acids is 1. The summed E-state index contributed by atoms with van der Waals surface area (Å²) in [6.45, 7) is 0.431. The maximum atomic E-state index is 10.2. The monoisotopic (exact) mass is 269 g/mol. The Hall–Kier alpha value is -0.900. The van der Waals surface area contributed by atoms with Gasteiger partial charge in [0.15, 0.2) is 5.01 Å². The molecule has 1 unspecified atom stereocenters. The number of hydrogen-bond acceptors (Lipinski definition) is 3. The first kappa shape index (κ1) is 10.6. The summed E-state index contributed by atoms with van der Waals surface area (Å²) in [7, 11) is 0. The fourth-order valence-corrected chi connectivity index (χ4v) is 2.19. The Labute approximate surface area is 97.0 Å². The Balaban J connectivity index is 2.23. The SMILES string of the molecule is O=COC(Br)c1ccc2c(n1)CCCC2. The third-order valence-electron chi connectivity index (χ3n) is 2.61. The van der Waals surface area contributed by atoms with Crippen LogP contribution < -0.4 is 0 Å². The van der Waals surface area contributed by atoms with Gasteiger partial charge in [-0.3, -0.25) is 9.78 Å². The first-order chi connectivity index (χ1) is 7.31. The molecular formula is C11H12BrNO2. The number of nitrogens with zero attached hydrogens (tertiary/aromatic N) is 1. The van der Waals surface area contributed by atoms with E-state index in [9.17, 15) is 4.79 Å². The van der Waals surface area contributed by atoms with Crippen molar-refractivity contribution in [1.29, 1.82) is 0 Å². The first-order valence-corrected chi connectivity index (χ1v) is 5.94. The topological polar surface area (TPSA) is 39.2 Å². The Bertz CT molecular complexity index is 368. The lowest BCUT2D eigenvalue weighted by Gasteiger charge is -2.16. The van der Waals surface area contributed by atoms with Crippen molar-refractivity contribution in [3.63, 3.8) is 0 Å². The molecule has 1 aliphatic carbocycles. The highest BCUT2D eigenvalue weighted by atomic mass is 79.9. The molecule has 2 rings (SSSR count). The van der Waals surface area contributed by atoms with Gasteiger partial charge in [-0.25, -0.2) is 0 Å². The quantitative estimate of drug-likeness (QED) is 0.625. The lowest BCUT2D eigenvalue weighted by atomic mass is 9.96. The summed E-state index contributed by atoms with van der Waals surface area (Å²) in [5.41, 5.74) is 3.25. The molecule has 0 amide bonds. The molecule has 1 aromatic rings. The number of alkyl halides is 1. The summed E-state index contributed by atoms with van der Waals surface area (Å²) in [5.74, 6) is 0. The number of hydrogen-bond donors (Lipinski definition) is 0. The number of carbonyl (C=O) groups is 1. The summed E-state index contributed by atoms with van der Waals surface area (Å²) in [6, 6.07) is 3.99. The predicted molar refractivity (Wildman–Crippen MR) is 59.7 cm³/mol. The maximum absolute atomic E-state index is 10.2. The number of aromatic nitrogens is 1.